The minimum absolute atomic E-state index is 0.111. The van der Waals surface area contributed by atoms with Gasteiger partial charge in [0.15, 0.2) is 0 Å². The Kier molecular flexibility index (Phi) is 5.85. The third kappa shape index (κ3) is 3.88. The maximum Gasteiger partial charge on any atom is 0.0775 e. The van der Waals surface area contributed by atoms with Gasteiger partial charge >= 0.3 is 0 Å². The van der Waals surface area contributed by atoms with E-state index in [1.165, 1.54) is 101 Å². The number of allylic oxidation sites excluding steroid dienone is 2. The van der Waals surface area contributed by atoms with E-state index in [1.54, 1.807) is 244 Å². The average Bonchev–Trinajstić information content (AvgIpc) is 1.45. The van der Waals surface area contributed by atoms with Crippen LogP contribution in [0.1, 0.15) is 107 Å². The molecule has 0 spiro atoms. The molecular formula is C98H34S3. The van der Waals surface area contributed by atoms with E-state index < -0.39 is 0 Å². The lowest BCUT2D eigenvalue weighted by molar-refractivity contribution is 0.579. The normalized spacial score (nSPS) is 20.5. The van der Waals surface area contributed by atoms with Gasteiger partial charge < -0.3 is 0 Å². The van der Waals surface area contributed by atoms with E-state index in [2.05, 4.69) is 139 Å². The van der Waals surface area contributed by atoms with Gasteiger partial charge in [-0.05, 0) is 384 Å². The Labute approximate surface area is 579 Å². The standard InChI is InChI=1S/C98H34S3/c1-2-4-48-47(3-1)97(53-11-7-43(99-53)5-9-45-49-25-39-21-33-13-29-17-37-18-30-14-34-22-40-26-50(45)70-69(49)81-65(39)77-59(33)55(29)73-63(37)74-56(30)60(34)78-66(40)82(70)94-90(78)86(74)85(73)89(77)93(81)94)101-98(48)54-12-8-44(100-54)6-10-46-51-27-41-23-35-15-31-19-38-20-32-16-36-24-42-28-52(46)72-71(51)83-67(41)79-61(35)57(31)75-64(38)76-58(32)62(36)80-68(42)84(72)96-92(80)88(76)87(75)91(79)95(83)96/h1-4,7-8,11-20,25-27,45-46,49,52,69H,21-24,28H2. The van der Waals surface area contributed by atoms with Crippen molar-refractivity contribution in [3.8, 4) is 43.2 Å². The molecule has 444 valence electrons. The summed E-state index contributed by atoms with van der Waals surface area (Å²) in [5.41, 5.74) is 22.1. The molecule has 0 aliphatic heterocycles. The molecule has 0 saturated carbocycles. The fourth-order valence-electron chi connectivity index (χ4n) is 28.2. The van der Waals surface area contributed by atoms with Crippen LogP contribution in [0.5, 0.6) is 0 Å². The Morgan fingerprint density at radius 3 is 1.38 bits per heavy atom. The van der Waals surface area contributed by atoms with Crippen LogP contribution in [0.25, 0.3) is 268 Å². The van der Waals surface area contributed by atoms with Crippen LogP contribution in [-0.4, -0.2) is 0 Å². The van der Waals surface area contributed by atoms with Gasteiger partial charge in [0, 0.05) is 38.3 Å². The van der Waals surface area contributed by atoms with E-state index in [9.17, 15) is 0 Å². The first-order valence-electron chi connectivity index (χ1n) is 36.9. The van der Waals surface area contributed by atoms with Gasteiger partial charge in [-0.15, -0.1) is 34.0 Å². The highest BCUT2D eigenvalue weighted by molar-refractivity contribution is 7.28. The minimum Gasteiger partial charge on any atom is -0.132 e. The second-order valence-electron chi connectivity index (χ2n) is 33.7. The van der Waals surface area contributed by atoms with Crippen LogP contribution >= 0.6 is 34.0 Å². The van der Waals surface area contributed by atoms with Crippen LogP contribution in [0.15, 0.2) is 115 Å². The molecule has 24 aromatic carbocycles. The van der Waals surface area contributed by atoms with Crippen LogP contribution < -0.4 is 5.22 Å². The average molecular weight is 1310 g/mol. The molecule has 0 fully saturated rings. The lowest BCUT2D eigenvalue weighted by Gasteiger charge is -2.32. The maximum absolute atomic E-state index is 4.20. The third-order valence-corrected chi connectivity index (χ3v) is 34.1. The number of benzene rings is 14. The van der Waals surface area contributed by atoms with Crippen molar-refractivity contribution < 1.29 is 0 Å². The van der Waals surface area contributed by atoms with E-state index in [0.717, 1.165) is 37.0 Å². The van der Waals surface area contributed by atoms with E-state index in [0.29, 0.717) is 17.8 Å². The van der Waals surface area contributed by atoms with Gasteiger partial charge in [0.25, 0.3) is 0 Å². The van der Waals surface area contributed by atoms with E-state index >= 15 is 0 Å². The van der Waals surface area contributed by atoms with E-state index in [4.69, 9.17) is 0 Å². The first-order valence-corrected chi connectivity index (χ1v) is 39.3. The van der Waals surface area contributed by atoms with Gasteiger partial charge in [0.05, 0.1) is 31.3 Å². The second kappa shape index (κ2) is 13.0. The van der Waals surface area contributed by atoms with Crippen molar-refractivity contribution in [3.63, 3.8) is 0 Å². The molecule has 5 unspecified atom stereocenters. The number of hydrogen-bond acceptors (Lipinski definition) is 3. The lowest BCUT2D eigenvalue weighted by Crippen LogP contribution is -2.20. The summed E-state index contributed by atoms with van der Waals surface area (Å²) < 4.78 is 0. The Bertz CT molecular complexity index is 9320. The first kappa shape index (κ1) is 45.5. The van der Waals surface area contributed by atoms with Crippen LogP contribution in [0.4, 0.5) is 0 Å². The van der Waals surface area contributed by atoms with Crippen LogP contribution in [-0.2, 0) is 25.7 Å². The molecule has 0 bridgehead atoms. The summed E-state index contributed by atoms with van der Waals surface area (Å²) in [6, 6.07) is 44.8. The molecule has 3 aromatic heterocycles. The monoisotopic (exact) mass is 1310 g/mol. The maximum atomic E-state index is 4.20. The number of rotatable bonds is 2. The highest BCUT2D eigenvalue weighted by atomic mass is 32.1. The molecule has 101 heavy (non-hydrogen) atoms. The number of thiophene rings is 3. The summed E-state index contributed by atoms with van der Waals surface area (Å²) in [6.45, 7) is 0. The Hall–Kier alpha value is -11.1. The smallest absolute Gasteiger partial charge is 0.0775 e. The van der Waals surface area contributed by atoms with Gasteiger partial charge in [0.1, 0.15) is 0 Å². The summed E-state index contributed by atoms with van der Waals surface area (Å²) in [5.74, 6) is 17.6. The summed E-state index contributed by atoms with van der Waals surface area (Å²) in [5, 5.41) is 70.1. The molecule has 0 N–H and O–H groups in total. The molecular weight excluding hydrogens is 1270 g/mol. The van der Waals surface area contributed by atoms with Crippen molar-refractivity contribution >= 4 is 282 Å². The summed E-state index contributed by atoms with van der Waals surface area (Å²) in [4.78, 5) is 7.64. The van der Waals surface area contributed by atoms with Gasteiger partial charge in [-0.2, -0.15) is 0 Å². The van der Waals surface area contributed by atoms with E-state index in [1.807, 2.05) is 34.0 Å². The SMILES string of the molecule is C(#CC1c2cc3c4c5c2c2c6c7c8c9c(cc%10cc%11cc%12cc(c%13c%12c%12c%11c(c%109)c9c8c6c5c(c%134)c%129)C3)CC=7CC21)c1ccc(-c2sc(-c3ccc(C#CC4c5cc6c7c8c5C5c9c%10c%11c%12c(cc%13cc%14cc%15cc(c%16c%15c%15c%14c(c%13%12)c%12c%11c9c8c(c7%16)c%15%12)C6)CC%10=CC45)s3)c3ccccc23)s1. The molecule has 3 heteroatoms. The van der Waals surface area contributed by atoms with Crippen molar-refractivity contribution in [2.75, 3.05) is 0 Å². The Morgan fingerprint density at radius 1 is 0.317 bits per heavy atom. The summed E-state index contributed by atoms with van der Waals surface area (Å²) >= 11 is 5.76. The minimum atomic E-state index is 0.111. The number of hydrogen-bond donors (Lipinski definition) is 0. The highest BCUT2D eigenvalue weighted by Crippen LogP contribution is 2.74. The quantitative estimate of drug-likeness (QED) is 0.120. The van der Waals surface area contributed by atoms with Crippen LogP contribution in [0.2, 0.25) is 0 Å². The summed E-state index contributed by atoms with van der Waals surface area (Å²) in [7, 11) is 0. The molecule has 27 aromatic rings. The molecule has 3 heterocycles. The van der Waals surface area contributed by atoms with Gasteiger partial charge in [0.2, 0.25) is 0 Å². The molecule has 9 aliphatic rings. The topological polar surface area (TPSA) is 0 Å². The molecule has 0 amide bonds. The van der Waals surface area contributed by atoms with Crippen molar-refractivity contribution in [1.29, 1.82) is 0 Å². The molecule has 0 nitrogen and oxygen atoms in total. The molecule has 0 radical (unpaired) electrons. The molecule has 9 aliphatic carbocycles. The zero-order chi connectivity index (χ0) is 62.3. The molecule has 5 atom stereocenters. The van der Waals surface area contributed by atoms with Gasteiger partial charge in [-0.1, -0.05) is 96.0 Å². The largest absolute Gasteiger partial charge is 0.132 e. The van der Waals surface area contributed by atoms with Crippen molar-refractivity contribution in [3.05, 3.63) is 197 Å². The van der Waals surface area contributed by atoms with Crippen molar-refractivity contribution in [2.24, 2.45) is 5.92 Å². The van der Waals surface area contributed by atoms with Crippen LogP contribution in [0, 0.1) is 29.6 Å². The fourth-order valence-corrected chi connectivity index (χ4v) is 31.5. The summed E-state index contributed by atoms with van der Waals surface area (Å²) in [6.07, 6.45) is 7.95. The van der Waals surface area contributed by atoms with Crippen molar-refractivity contribution in [2.45, 2.75) is 55.8 Å². The Morgan fingerprint density at radius 2 is 0.752 bits per heavy atom. The van der Waals surface area contributed by atoms with Crippen molar-refractivity contribution in [1.82, 2.24) is 0 Å². The predicted molar refractivity (Wildman–Crippen MR) is 428 cm³/mol. The number of fused-ring (bicyclic) bond motifs is 1. The first-order chi connectivity index (χ1) is 50.1. The fraction of sp³-hybridized carbons (Fsp3) is 0.102. The lowest BCUT2D eigenvalue weighted by atomic mass is 9.70. The molecule has 0 saturated heterocycles. The zero-order valence-corrected chi connectivity index (χ0v) is 55.6. The van der Waals surface area contributed by atoms with Gasteiger partial charge in [-0.25, -0.2) is 0 Å². The zero-order valence-electron chi connectivity index (χ0n) is 53.1. The molecule has 36 rings (SSSR count). The van der Waals surface area contributed by atoms with Gasteiger partial charge in [-0.3, -0.25) is 0 Å². The van der Waals surface area contributed by atoms with Crippen LogP contribution in [0.3, 0.4) is 0 Å². The predicted octanol–water partition coefficient (Wildman–Crippen LogP) is 25.2. The van der Waals surface area contributed by atoms with E-state index in [-0.39, 0.29) is 11.8 Å². The highest BCUT2D eigenvalue weighted by Gasteiger charge is 2.53. The second-order valence-corrected chi connectivity index (χ2v) is 36.9. The third-order valence-electron chi connectivity index (χ3n) is 30.5. The Balaban J connectivity index is 0.508.